The van der Waals surface area contributed by atoms with Crippen LogP contribution in [0.25, 0.3) is 0 Å². The smallest absolute Gasteiger partial charge is 0.0602 e. The molecule has 0 aliphatic carbocycles. The van der Waals surface area contributed by atoms with Crippen molar-refractivity contribution < 1.29 is 0 Å². The van der Waals surface area contributed by atoms with Crippen molar-refractivity contribution in [1.82, 2.24) is 0 Å². The van der Waals surface area contributed by atoms with Crippen LogP contribution in [0.4, 0.5) is 11.4 Å². The number of unbranched alkanes of at least 4 members (excludes halogenated alkanes) is 1. The fourth-order valence-corrected chi connectivity index (χ4v) is 2.25. The zero-order valence-electron chi connectivity index (χ0n) is 10.2. The number of nitrogens with zero attached hydrogens (tertiary/aromatic N) is 1. The molecule has 16 heavy (non-hydrogen) atoms. The molecule has 0 unspecified atom stereocenters. The van der Waals surface area contributed by atoms with E-state index in [-0.39, 0.29) is 0 Å². The maximum absolute atomic E-state index is 3.53. The molecule has 2 heteroatoms. The lowest BCUT2D eigenvalue weighted by atomic mass is 10.1. The van der Waals surface area contributed by atoms with Gasteiger partial charge in [-0.05, 0) is 31.4 Å². The van der Waals surface area contributed by atoms with Gasteiger partial charge in [0.15, 0.2) is 0 Å². The van der Waals surface area contributed by atoms with Crippen molar-refractivity contribution in [1.29, 1.82) is 0 Å². The Morgan fingerprint density at radius 3 is 3.00 bits per heavy atom. The largest absolute Gasteiger partial charge is 0.383 e. The lowest BCUT2D eigenvalue weighted by molar-refractivity contribution is 0.662. The van der Waals surface area contributed by atoms with Crippen molar-refractivity contribution in [2.45, 2.75) is 32.6 Å². The molecule has 0 bridgehead atoms. The molecule has 1 aromatic carbocycles. The van der Waals surface area contributed by atoms with Crippen molar-refractivity contribution in [3.05, 3.63) is 24.3 Å². The number of anilines is 2. The second-order valence-corrected chi connectivity index (χ2v) is 4.49. The summed E-state index contributed by atoms with van der Waals surface area (Å²) in [7, 11) is 0. The van der Waals surface area contributed by atoms with Gasteiger partial charge in [0.1, 0.15) is 0 Å². The van der Waals surface area contributed by atoms with Gasteiger partial charge < -0.3 is 10.2 Å². The molecule has 1 aliphatic rings. The molecule has 0 radical (unpaired) electrons. The van der Waals surface area contributed by atoms with Crippen molar-refractivity contribution in [2.75, 3.05) is 29.9 Å². The number of benzene rings is 1. The highest BCUT2D eigenvalue weighted by Gasteiger charge is 2.12. The highest BCUT2D eigenvalue weighted by atomic mass is 15.1. The van der Waals surface area contributed by atoms with E-state index in [1.54, 1.807) is 0 Å². The topological polar surface area (TPSA) is 15.3 Å². The molecule has 1 heterocycles. The summed E-state index contributed by atoms with van der Waals surface area (Å²) >= 11 is 0. The van der Waals surface area contributed by atoms with E-state index in [0.717, 1.165) is 6.54 Å². The van der Waals surface area contributed by atoms with Crippen LogP contribution >= 0.6 is 0 Å². The molecular weight excluding hydrogens is 196 g/mol. The van der Waals surface area contributed by atoms with Crippen LogP contribution in [0, 0.1) is 0 Å². The molecular formula is C14H22N2. The molecule has 0 fully saturated rings. The number of fused-ring (bicyclic) bond motifs is 1. The third-order valence-electron chi connectivity index (χ3n) is 3.20. The number of nitrogens with one attached hydrogen (secondary N) is 1. The average Bonchev–Trinajstić information content (AvgIpc) is 2.30. The highest BCUT2D eigenvalue weighted by Crippen LogP contribution is 2.27. The van der Waals surface area contributed by atoms with E-state index in [9.17, 15) is 0 Å². The third-order valence-corrected chi connectivity index (χ3v) is 3.20. The first-order valence-electron chi connectivity index (χ1n) is 6.49. The van der Waals surface area contributed by atoms with Gasteiger partial charge in [-0.3, -0.25) is 0 Å². The predicted molar refractivity (Wildman–Crippen MR) is 71.3 cm³/mol. The van der Waals surface area contributed by atoms with Crippen molar-refractivity contribution in [2.24, 2.45) is 0 Å². The molecule has 1 aliphatic heterocycles. The van der Waals surface area contributed by atoms with E-state index in [1.165, 1.54) is 50.1 Å². The van der Waals surface area contributed by atoms with Crippen molar-refractivity contribution >= 4 is 11.4 Å². The van der Waals surface area contributed by atoms with Gasteiger partial charge in [0.05, 0.1) is 11.4 Å². The number of hydrogen-bond donors (Lipinski definition) is 1. The minimum atomic E-state index is 1.11. The summed E-state index contributed by atoms with van der Waals surface area (Å²) in [6.45, 7) is 5.76. The van der Waals surface area contributed by atoms with Crippen LogP contribution in [0.3, 0.4) is 0 Å². The summed E-state index contributed by atoms with van der Waals surface area (Å²) in [5.41, 5.74) is 2.69. The van der Waals surface area contributed by atoms with E-state index in [2.05, 4.69) is 41.4 Å². The standard InChI is InChI=1S/C14H22N2/c1-2-3-11-16-12-7-6-10-15-13-8-4-5-9-14(13)16/h4-5,8-9,15H,2-3,6-7,10-12H2,1H3. The van der Waals surface area contributed by atoms with Gasteiger partial charge in [0.2, 0.25) is 0 Å². The summed E-state index contributed by atoms with van der Waals surface area (Å²) in [6, 6.07) is 8.69. The first-order valence-corrected chi connectivity index (χ1v) is 6.49. The monoisotopic (exact) mass is 218 g/mol. The second-order valence-electron chi connectivity index (χ2n) is 4.49. The van der Waals surface area contributed by atoms with Crippen LogP contribution in [0.2, 0.25) is 0 Å². The zero-order chi connectivity index (χ0) is 11.2. The van der Waals surface area contributed by atoms with Gasteiger partial charge in [-0.15, -0.1) is 0 Å². The number of para-hydroxylation sites is 2. The fourth-order valence-electron chi connectivity index (χ4n) is 2.25. The van der Waals surface area contributed by atoms with Crippen molar-refractivity contribution in [3.8, 4) is 0 Å². The van der Waals surface area contributed by atoms with Gasteiger partial charge in [-0.25, -0.2) is 0 Å². The van der Waals surface area contributed by atoms with Crippen LogP contribution < -0.4 is 10.2 Å². The van der Waals surface area contributed by atoms with Crippen LogP contribution in [0.5, 0.6) is 0 Å². The minimum absolute atomic E-state index is 1.11. The highest BCUT2D eigenvalue weighted by molar-refractivity contribution is 5.70. The molecule has 0 aromatic heterocycles. The van der Waals surface area contributed by atoms with Gasteiger partial charge in [-0.1, -0.05) is 25.5 Å². The summed E-state index contributed by atoms with van der Waals surface area (Å²) in [5, 5.41) is 3.53. The Morgan fingerprint density at radius 1 is 1.25 bits per heavy atom. The SMILES string of the molecule is CCCCN1CCCCNc2ccccc21. The summed E-state index contributed by atoms with van der Waals surface area (Å²) in [6.07, 6.45) is 5.13. The van der Waals surface area contributed by atoms with Crippen LogP contribution in [-0.4, -0.2) is 19.6 Å². The van der Waals surface area contributed by atoms with Gasteiger partial charge in [-0.2, -0.15) is 0 Å². The molecule has 1 N–H and O–H groups in total. The predicted octanol–water partition coefficient (Wildman–Crippen LogP) is 3.50. The maximum Gasteiger partial charge on any atom is 0.0602 e. The fraction of sp³-hybridized carbons (Fsp3) is 0.571. The van der Waals surface area contributed by atoms with E-state index < -0.39 is 0 Å². The van der Waals surface area contributed by atoms with Gasteiger partial charge >= 0.3 is 0 Å². The quantitative estimate of drug-likeness (QED) is 0.835. The molecule has 0 atom stereocenters. The Bertz CT molecular complexity index is 322. The van der Waals surface area contributed by atoms with E-state index >= 15 is 0 Å². The van der Waals surface area contributed by atoms with Crippen LogP contribution in [0.15, 0.2) is 24.3 Å². The normalized spacial score (nSPS) is 15.9. The molecule has 2 rings (SSSR count). The van der Waals surface area contributed by atoms with Crippen LogP contribution in [-0.2, 0) is 0 Å². The Hall–Kier alpha value is -1.18. The zero-order valence-corrected chi connectivity index (χ0v) is 10.2. The van der Waals surface area contributed by atoms with E-state index in [0.29, 0.717) is 0 Å². The second kappa shape index (κ2) is 5.78. The Kier molecular flexibility index (Phi) is 4.09. The lowest BCUT2D eigenvalue weighted by Gasteiger charge is -2.29. The molecule has 0 saturated heterocycles. The molecule has 0 saturated carbocycles. The van der Waals surface area contributed by atoms with Gasteiger partial charge in [0, 0.05) is 19.6 Å². The number of rotatable bonds is 3. The Labute approximate surface area is 98.7 Å². The average molecular weight is 218 g/mol. The van der Waals surface area contributed by atoms with Gasteiger partial charge in [0.25, 0.3) is 0 Å². The molecule has 2 nitrogen and oxygen atoms in total. The minimum Gasteiger partial charge on any atom is -0.383 e. The van der Waals surface area contributed by atoms with Crippen molar-refractivity contribution in [3.63, 3.8) is 0 Å². The number of hydrogen-bond acceptors (Lipinski definition) is 2. The summed E-state index contributed by atoms with van der Waals surface area (Å²) in [4.78, 5) is 2.53. The van der Waals surface area contributed by atoms with Crippen LogP contribution in [0.1, 0.15) is 32.6 Å². The lowest BCUT2D eigenvalue weighted by Crippen LogP contribution is -2.28. The first-order chi connectivity index (χ1) is 7.92. The van der Waals surface area contributed by atoms with E-state index in [4.69, 9.17) is 0 Å². The molecule has 0 amide bonds. The molecule has 1 aromatic rings. The van der Waals surface area contributed by atoms with E-state index in [1.807, 2.05) is 0 Å². The first kappa shape index (κ1) is 11.3. The third kappa shape index (κ3) is 2.69. The summed E-state index contributed by atoms with van der Waals surface area (Å²) in [5.74, 6) is 0. The molecule has 0 spiro atoms. The molecule has 88 valence electrons. The maximum atomic E-state index is 3.53. The summed E-state index contributed by atoms with van der Waals surface area (Å²) < 4.78 is 0. The Balaban J connectivity index is 2.17. The Morgan fingerprint density at radius 2 is 2.12 bits per heavy atom.